The Balaban J connectivity index is 0. The first-order valence-corrected chi connectivity index (χ1v) is 2.80. The molecular weight excluding hydrogens is 116 g/mol. The van der Waals surface area contributed by atoms with E-state index < -0.39 is 0 Å². The van der Waals surface area contributed by atoms with E-state index in [1.165, 1.54) is 6.92 Å². The summed E-state index contributed by atoms with van der Waals surface area (Å²) >= 11 is 0. The summed E-state index contributed by atoms with van der Waals surface area (Å²) in [4.78, 5) is 10.0. The Labute approximate surface area is 56.5 Å². The molecule has 0 unspecified atom stereocenters. The molecule has 0 amide bonds. The Kier molecular flexibility index (Phi) is 8.87. The van der Waals surface area contributed by atoms with Gasteiger partial charge in [-0.25, -0.2) is 0 Å². The Morgan fingerprint density at radius 3 is 1.78 bits per heavy atom. The molecule has 0 rings (SSSR count). The summed E-state index contributed by atoms with van der Waals surface area (Å²) in [5.41, 5.74) is 0. The second-order valence-corrected chi connectivity index (χ2v) is 1.66. The second kappa shape index (κ2) is 7.21. The molecule has 0 spiro atoms. The topological polar surface area (TPSA) is 26.3 Å². The zero-order chi connectivity index (χ0) is 7.86. The summed E-state index contributed by atoms with van der Waals surface area (Å²) in [6.07, 6.45) is 0.0255. The fourth-order valence-electron chi connectivity index (χ4n) is 0.332. The molecule has 0 aromatic heterocycles. The highest BCUT2D eigenvalue weighted by Crippen LogP contribution is 1.85. The van der Waals surface area contributed by atoms with Crippen molar-refractivity contribution in [2.75, 3.05) is 0 Å². The highest BCUT2D eigenvalue weighted by Gasteiger charge is 1.93. The Morgan fingerprint density at radius 1 is 1.44 bits per heavy atom. The minimum absolute atomic E-state index is 0.0255. The minimum Gasteiger partial charge on any atom is -0.463 e. The molecule has 0 heterocycles. The Hall–Kier alpha value is -0.790. The monoisotopic (exact) mass is 130 g/mol. The quantitative estimate of drug-likeness (QED) is 0.399. The van der Waals surface area contributed by atoms with Gasteiger partial charge in [-0.3, -0.25) is 4.79 Å². The van der Waals surface area contributed by atoms with E-state index in [4.69, 9.17) is 0 Å². The van der Waals surface area contributed by atoms with Crippen molar-refractivity contribution in [1.82, 2.24) is 0 Å². The summed E-state index contributed by atoms with van der Waals surface area (Å²) in [6.45, 7) is 11.0. The van der Waals surface area contributed by atoms with E-state index in [1.54, 1.807) is 0 Å². The van der Waals surface area contributed by atoms with E-state index in [9.17, 15) is 4.79 Å². The summed E-state index contributed by atoms with van der Waals surface area (Å²) < 4.78 is 4.61. The van der Waals surface area contributed by atoms with Crippen LogP contribution in [0, 0.1) is 0 Å². The molecular formula is C7H14O2. The maximum atomic E-state index is 10.0. The lowest BCUT2D eigenvalue weighted by atomic mass is 10.5. The van der Waals surface area contributed by atoms with Gasteiger partial charge in [0.2, 0.25) is 0 Å². The van der Waals surface area contributed by atoms with E-state index in [0.717, 1.165) is 0 Å². The highest BCUT2D eigenvalue weighted by molar-refractivity contribution is 5.66. The largest absolute Gasteiger partial charge is 0.463 e. The lowest BCUT2D eigenvalue weighted by Crippen LogP contribution is -2.06. The molecule has 0 aliphatic heterocycles. The van der Waals surface area contributed by atoms with Crippen LogP contribution in [-0.2, 0) is 9.53 Å². The predicted octanol–water partition coefficient (Wildman–Crippen LogP) is 1.76. The van der Waals surface area contributed by atoms with Gasteiger partial charge in [0.05, 0.1) is 6.10 Å². The maximum absolute atomic E-state index is 10.0. The zero-order valence-corrected chi connectivity index (χ0v) is 6.31. The summed E-state index contributed by atoms with van der Waals surface area (Å²) in [5, 5.41) is 0. The van der Waals surface area contributed by atoms with Crippen molar-refractivity contribution in [2.24, 2.45) is 0 Å². The van der Waals surface area contributed by atoms with Gasteiger partial charge in [0, 0.05) is 6.92 Å². The molecule has 9 heavy (non-hydrogen) atoms. The fraction of sp³-hybridized carbons (Fsp3) is 0.571. The van der Waals surface area contributed by atoms with Crippen LogP contribution in [0.5, 0.6) is 0 Å². The van der Waals surface area contributed by atoms with Crippen molar-refractivity contribution in [1.29, 1.82) is 0 Å². The molecule has 0 atom stereocenters. The number of hydrogen-bond donors (Lipinski definition) is 0. The number of rotatable bonds is 1. The SMILES string of the molecule is C=C.CC(=O)OC(C)C. The van der Waals surface area contributed by atoms with Crippen LogP contribution < -0.4 is 0 Å². The van der Waals surface area contributed by atoms with Gasteiger partial charge < -0.3 is 4.74 Å². The van der Waals surface area contributed by atoms with Crippen molar-refractivity contribution in [3.63, 3.8) is 0 Å². The molecule has 0 aromatic rings. The third-order valence-corrected chi connectivity index (χ3v) is 0.402. The zero-order valence-electron chi connectivity index (χ0n) is 6.31. The van der Waals surface area contributed by atoms with Gasteiger partial charge in [-0.05, 0) is 13.8 Å². The first-order valence-electron chi connectivity index (χ1n) is 2.80. The molecule has 0 fully saturated rings. The molecule has 0 bridgehead atoms. The van der Waals surface area contributed by atoms with E-state index in [1.807, 2.05) is 13.8 Å². The molecule has 0 radical (unpaired) electrons. The van der Waals surface area contributed by atoms with Crippen molar-refractivity contribution in [2.45, 2.75) is 26.9 Å². The van der Waals surface area contributed by atoms with E-state index in [-0.39, 0.29) is 12.1 Å². The first-order chi connectivity index (χ1) is 4.13. The summed E-state index contributed by atoms with van der Waals surface area (Å²) in [6, 6.07) is 0. The van der Waals surface area contributed by atoms with Crippen LogP contribution in [0.15, 0.2) is 13.2 Å². The highest BCUT2D eigenvalue weighted by atomic mass is 16.5. The first kappa shape index (κ1) is 11.1. The van der Waals surface area contributed by atoms with Crippen LogP contribution in [0.2, 0.25) is 0 Å². The molecule has 0 aliphatic carbocycles. The van der Waals surface area contributed by atoms with Gasteiger partial charge >= 0.3 is 5.97 Å². The molecule has 0 saturated carbocycles. The van der Waals surface area contributed by atoms with E-state index in [2.05, 4.69) is 17.9 Å². The number of carbonyl (C=O) groups excluding carboxylic acids is 1. The smallest absolute Gasteiger partial charge is 0.302 e. The van der Waals surface area contributed by atoms with Crippen LogP contribution in [0.25, 0.3) is 0 Å². The van der Waals surface area contributed by atoms with Crippen molar-refractivity contribution < 1.29 is 9.53 Å². The third kappa shape index (κ3) is 19.0. The van der Waals surface area contributed by atoms with E-state index >= 15 is 0 Å². The van der Waals surface area contributed by atoms with Gasteiger partial charge in [0.1, 0.15) is 0 Å². The van der Waals surface area contributed by atoms with E-state index in [0.29, 0.717) is 0 Å². The second-order valence-electron chi connectivity index (χ2n) is 1.66. The van der Waals surface area contributed by atoms with Crippen LogP contribution in [0.4, 0.5) is 0 Å². The van der Waals surface area contributed by atoms with Gasteiger partial charge in [0.25, 0.3) is 0 Å². The lowest BCUT2D eigenvalue weighted by Gasteiger charge is -2.01. The van der Waals surface area contributed by atoms with Crippen LogP contribution in [-0.4, -0.2) is 12.1 Å². The standard InChI is InChI=1S/C5H10O2.C2H4/c1-4(2)7-5(3)6;1-2/h4H,1-3H3;1-2H2. The number of ether oxygens (including phenoxy) is 1. The minimum atomic E-state index is -0.213. The lowest BCUT2D eigenvalue weighted by molar-refractivity contribution is -0.144. The molecule has 0 aliphatic rings. The third-order valence-electron chi connectivity index (χ3n) is 0.402. The maximum Gasteiger partial charge on any atom is 0.302 e. The summed E-state index contributed by atoms with van der Waals surface area (Å²) in [7, 11) is 0. The Morgan fingerprint density at radius 2 is 1.78 bits per heavy atom. The number of carbonyl (C=O) groups is 1. The van der Waals surface area contributed by atoms with Crippen LogP contribution >= 0.6 is 0 Å². The number of esters is 1. The predicted molar refractivity (Wildman–Crippen MR) is 38.2 cm³/mol. The fourth-order valence-corrected chi connectivity index (χ4v) is 0.332. The molecule has 0 aromatic carbocycles. The average molecular weight is 130 g/mol. The molecule has 0 N–H and O–H groups in total. The number of hydrogen-bond acceptors (Lipinski definition) is 2. The van der Waals surface area contributed by atoms with Gasteiger partial charge in [-0.15, -0.1) is 13.2 Å². The van der Waals surface area contributed by atoms with Gasteiger partial charge in [-0.2, -0.15) is 0 Å². The summed E-state index contributed by atoms with van der Waals surface area (Å²) in [5.74, 6) is -0.213. The van der Waals surface area contributed by atoms with Gasteiger partial charge in [0.15, 0.2) is 0 Å². The van der Waals surface area contributed by atoms with Crippen molar-refractivity contribution in [3.05, 3.63) is 13.2 Å². The van der Waals surface area contributed by atoms with Gasteiger partial charge in [-0.1, -0.05) is 0 Å². The molecule has 54 valence electrons. The Bertz CT molecular complexity index is 77.0. The van der Waals surface area contributed by atoms with Crippen molar-refractivity contribution in [3.8, 4) is 0 Å². The van der Waals surface area contributed by atoms with Crippen molar-refractivity contribution >= 4 is 5.97 Å². The average Bonchev–Trinajstić information content (AvgIpc) is 1.68. The molecule has 2 nitrogen and oxygen atoms in total. The molecule has 0 saturated heterocycles. The normalized spacial score (nSPS) is 7.56. The molecule has 2 heteroatoms. The van der Waals surface area contributed by atoms with Crippen LogP contribution in [0.3, 0.4) is 0 Å². The van der Waals surface area contributed by atoms with Crippen LogP contribution in [0.1, 0.15) is 20.8 Å².